The van der Waals surface area contributed by atoms with Crippen LogP contribution in [0.3, 0.4) is 0 Å². The molecule has 0 aromatic heterocycles. The fourth-order valence-electron chi connectivity index (χ4n) is 3.38. The maximum absolute atomic E-state index is 11.0. The third kappa shape index (κ3) is 2.55. The molecular weight excluding hydrogens is 248 g/mol. The highest BCUT2D eigenvalue weighted by atomic mass is 16.3. The quantitative estimate of drug-likeness (QED) is 0.802. The van der Waals surface area contributed by atoms with Crippen LogP contribution in [-0.4, -0.2) is 16.3 Å². The molecule has 3 unspecified atom stereocenters. The predicted molar refractivity (Wildman–Crippen MR) is 82.4 cm³/mol. The molecule has 1 aliphatic rings. The SMILES string of the molecule is CCCCC1(CC)CC=CC(O)(c2ccccc2)C1O. The molecule has 110 valence electrons. The van der Waals surface area contributed by atoms with Crippen LogP contribution in [0.4, 0.5) is 0 Å². The van der Waals surface area contributed by atoms with E-state index in [0.717, 1.165) is 37.7 Å². The van der Waals surface area contributed by atoms with Crippen molar-refractivity contribution in [2.24, 2.45) is 5.41 Å². The topological polar surface area (TPSA) is 40.5 Å². The second-order valence-corrected chi connectivity index (χ2v) is 6.02. The monoisotopic (exact) mass is 274 g/mol. The highest BCUT2D eigenvalue weighted by Crippen LogP contribution is 2.48. The van der Waals surface area contributed by atoms with Crippen LogP contribution in [0.25, 0.3) is 0 Å². The van der Waals surface area contributed by atoms with Crippen molar-refractivity contribution in [3.05, 3.63) is 48.0 Å². The van der Waals surface area contributed by atoms with Crippen molar-refractivity contribution in [2.45, 2.75) is 57.7 Å². The van der Waals surface area contributed by atoms with Gasteiger partial charge >= 0.3 is 0 Å². The number of hydrogen-bond donors (Lipinski definition) is 2. The first-order valence-electron chi connectivity index (χ1n) is 7.72. The van der Waals surface area contributed by atoms with E-state index in [9.17, 15) is 10.2 Å². The van der Waals surface area contributed by atoms with Crippen molar-refractivity contribution in [3.63, 3.8) is 0 Å². The van der Waals surface area contributed by atoms with Gasteiger partial charge in [-0.15, -0.1) is 0 Å². The summed E-state index contributed by atoms with van der Waals surface area (Å²) in [6.07, 6.45) is 7.95. The van der Waals surface area contributed by atoms with Gasteiger partial charge in [0, 0.05) is 5.41 Å². The van der Waals surface area contributed by atoms with E-state index in [1.54, 1.807) is 6.08 Å². The Labute approximate surface area is 122 Å². The van der Waals surface area contributed by atoms with E-state index in [1.807, 2.05) is 36.4 Å². The van der Waals surface area contributed by atoms with Crippen LogP contribution in [0.15, 0.2) is 42.5 Å². The first-order chi connectivity index (χ1) is 9.59. The molecule has 0 heterocycles. The van der Waals surface area contributed by atoms with Crippen molar-refractivity contribution in [1.82, 2.24) is 0 Å². The Bertz CT molecular complexity index is 454. The van der Waals surface area contributed by atoms with E-state index in [4.69, 9.17) is 0 Å². The molecule has 0 saturated carbocycles. The molecular formula is C18H26O2. The standard InChI is InChI=1S/C18H26O2/c1-3-5-12-17(4-2)13-9-14-18(20,16(17)19)15-10-7-6-8-11-15/h6-11,14,16,19-20H,3-5,12-13H2,1-2H3. The number of aliphatic hydroxyl groups excluding tert-OH is 1. The van der Waals surface area contributed by atoms with Gasteiger partial charge in [-0.1, -0.05) is 63.1 Å². The Hall–Kier alpha value is -1.12. The smallest absolute Gasteiger partial charge is 0.134 e. The van der Waals surface area contributed by atoms with E-state index >= 15 is 0 Å². The maximum atomic E-state index is 11.0. The maximum Gasteiger partial charge on any atom is 0.134 e. The summed E-state index contributed by atoms with van der Waals surface area (Å²) in [6, 6.07) is 9.51. The molecule has 20 heavy (non-hydrogen) atoms. The van der Waals surface area contributed by atoms with E-state index in [1.165, 1.54) is 0 Å². The van der Waals surface area contributed by atoms with Crippen LogP contribution in [0, 0.1) is 5.41 Å². The second kappa shape index (κ2) is 6.11. The second-order valence-electron chi connectivity index (χ2n) is 6.02. The van der Waals surface area contributed by atoms with Crippen LogP contribution in [0.1, 0.15) is 51.5 Å². The number of aliphatic hydroxyl groups is 2. The summed E-state index contributed by atoms with van der Waals surface area (Å²) >= 11 is 0. The minimum atomic E-state index is -1.26. The van der Waals surface area contributed by atoms with Gasteiger partial charge in [0.15, 0.2) is 0 Å². The summed E-state index contributed by atoms with van der Waals surface area (Å²) in [4.78, 5) is 0. The lowest BCUT2D eigenvalue weighted by Crippen LogP contribution is -2.51. The first-order valence-corrected chi connectivity index (χ1v) is 7.72. The molecule has 2 rings (SSSR count). The van der Waals surface area contributed by atoms with Crippen molar-refractivity contribution in [1.29, 1.82) is 0 Å². The fourth-order valence-corrected chi connectivity index (χ4v) is 3.38. The molecule has 0 radical (unpaired) electrons. The van der Waals surface area contributed by atoms with Crippen molar-refractivity contribution in [3.8, 4) is 0 Å². The van der Waals surface area contributed by atoms with Crippen LogP contribution in [0.5, 0.6) is 0 Å². The summed E-state index contributed by atoms with van der Waals surface area (Å²) < 4.78 is 0. The lowest BCUT2D eigenvalue weighted by molar-refractivity contribution is -0.125. The van der Waals surface area contributed by atoms with Crippen LogP contribution < -0.4 is 0 Å². The largest absolute Gasteiger partial charge is 0.389 e. The summed E-state index contributed by atoms with van der Waals surface area (Å²) in [6.45, 7) is 4.28. The lowest BCUT2D eigenvalue weighted by Gasteiger charge is -2.47. The third-order valence-corrected chi connectivity index (χ3v) is 4.86. The fraction of sp³-hybridized carbons (Fsp3) is 0.556. The van der Waals surface area contributed by atoms with Gasteiger partial charge in [0.25, 0.3) is 0 Å². The zero-order valence-corrected chi connectivity index (χ0v) is 12.5. The number of hydrogen-bond acceptors (Lipinski definition) is 2. The van der Waals surface area contributed by atoms with Crippen LogP contribution in [-0.2, 0) is 5.60 Å². The Morgan fingerprint density at radius 1 is 1.20 bits per heavy atom. The molecule has 0 bridgehead atoms. The number of unbranched alkanes of at least 4 members (excludes halogenated alkanes) is 1. The molecule has 2 nitrogen and oxygen atoms in total. The van der Waals surface area contributed by atoms with Crippen LogP contribution in [0.2, 0.25) is 0 Å². The summed E-state index contributed by atoms with van der Waals surface area (Å²) in [5.41, 5.74) is -0.698. The average molecular weight is 274 g/mol. The van der Waals surface area contributed by atoms with Gasteiger partial charge in [-0.3, -0.25) is 0 Å². The number of benzene rings is 1. The molecule has 1 aliphatic carbocycles. The van der Waals surface area contributed by atoms with E-state index in [0.29, 0.717) is 0 Å². The highest BCUT2D eigenvalue weighted by Gasteiger charge is 2.49. The Kier molecular flexibility index (Phi) is 4.66. The minimum absolute atomic E-state index is 0.213. The van der Waals surface area contributed by atoms with E-state index < -0.39 is 11.7 Å². The van der Waals surface area contributed by atoms with Crippen molar-refractivity contribution < 1.29 is 10.2 Å². The zero-order valence-electron chi connectivity index (χ0n) is 12.5. The molecule has 2 N–H and O–H groups in total. The van der Waals surface area contributed by atoms with Gasteiger partial charge in [-0.2, -0.15) is 0 Å². The molecule has 0 saturated heterocycles. The molecule has 0 fully saturated rings. The predicted octanol–water partition coefficient (Wildman–Crippen LogP) is 3.78. The van der Waals surface area contributed by atoms with Crippen LogP contribution >= 0.6 is 0 Å². The van der Waals surface area contributed by atoms with E-state index in [-0.39, 0.29) is 5.41 Å². The van der Waals surface area contributed by atoms with Gasteiger partial charge in [0.2, 0.25) is 0 Å². The minimum Gasteiger partial charge on any atom is -0.389 e. The molecule has 0 spiro atoms. The van der Waals surface area contributed by atoms with Gasteiger partial charge < -0.3 is 10.2 Å². The number of rotatable bonds is 5. The van der Waals surface area contributed by atoms with Gasteiger partial charge in [0.05, 0.1) is 6.10 Å². The van der Waals surface area contributed by atoms with Gasteiger partial charge in [0.1, 0.15) is 5.60 Å². The molecule has 3 atom stereocenters. The Balaban J connectivity index is 2.36. The zero-order chi connectivity index (χ0) is 14.6. The summed E-state index contributed by atoms with van der Waals surface area (Å²) in [7, 11) is 0. The molecule has 2 heteroatoms. The Morgan fingerprint density at radius 2 is 1.90 bits per heavy atom. The molecule has 0 aliphatic heterocycles. The molecule has 1 aromatic rings. The molecule has 1 aromatic carbocycles. The summed E-state index contributed by atoms with van der Waals surface area (Å²) in [5.74, 6) is 0. The average Bonchev–Trinajstić information content (AvgIpc) is 2.50. The Morgan fingerprint density at radius 3 is 2.50 bits per heavy atom. The van der Waals surface area contributed by atoms with Gasteiger partial charge in [-0.05, 0) is 30.9 Å². The molecule has 0 amide bonds. The lowest BCUT2D eigenvalue weighted by atomic mass is 9.63. The first kappa shape index (κ1) is 15.3. The van der Waals surface area contributed by atoms with E-state index in [2.05, 4.69) is 13.8 Å². The normalized spacial score (nSPS) is 33.3. The van der Waals surface area contributed by atoms with Crippen molar-refractivity contribution >= 4 is 0 Å². The number of allylic oxidation sites excluding steroid dienone is 1. The summed E-state index contributed by atoms with van der Waals surface area (Å²) in [5, 5.41) is 22.0. The van der Waals surface area contributed by atoms with Crippen molar-refractivity contribution in [2.75, 3.05) is 0 Å². The third-order valence-electron chi connectivity index (χ3n) is 4.86. The van der Waals surface area contributed by atoms with Gasteiger partial charge in [-0.25, -0.2) is 0 Å². The highest BCUT2D eigenvalue weighted by molar-refractivity contribution is 5.32.